The largest absolute Gasteiger partial charge is 0.416 e. The van der Waals surface area contributed by atoms with E-state index in [1.165, 1.54) is 27.5 Å². The highest BCUT2D eigenvalue weighted by molar-refractivity contribution is 6.08. The lowest BCUT2D eigenvalue weighted by atomic mass is 9.92. The molecule has 0 fully saturated rings. The fourth-order valence-electron chi connectivity index (χ4n) is 4.33. The molecule has 0 saturated carbocycles. The third-order valence-corrected chi connectivity index (χ3v) is 5.96. The van der Waals surface area contributed by atoms with Crippen LogP contribution in [-0.4, -0.2) is 10.2 Å². The number of rotatable bonds is 3. The summed E-state index contributed by atoms with van der Waals surface area (Å²) < 4.78 is 6.10. The maximum absolute atomic E-state index is 6.10. The lowest BCUT2D eigenvalue weighted by molar-refractivity contribution is 0.585. The molecule has 0 N–H and O–H groups in total. The Balaban J connectivity index is 1.52. The highest BCUT2D eigenvalue weighted by Gasteiger charge is 2.16. The van der Waals surface area contributed by atoms with Crippen LogP contribution in [0.4, 0.5) is 0 Å². The molecule has 0 aliphatic rings. The monoisotopic (exact) mass is 412 g/mol. The van der Waals surface area contributed by atoms with Crippen molar-refractivity contribution in [1.82, 2.24) is 10.2 Å². The summed E-state index contributed by atoms with van der Waals surface area (Å²) in [6.07, 6.45) is 0. The second-order valence-corrected chi connectivity index (χ2v) is 8.01. The number of hydrogen-bond acceptors (Lipinski definition) is 3. The summed E-state index contributed by atoms with van der Waals surface area (Å²) in [4.78, 5) is 0. The molecule has 1 aromatic heterocycles. The van der Waals surface area contributed by atoms with Crippen LogP contribution in [0, 0.1) is 6.92 Å². The van der Waals surface area contributed by atoms with Gasteiger partial charge in [0.05, 0.1) is 0 Å². The highest BCUT2D eigenvalue weighted by Crippen LogP contribution is 2.38. The molecule has 3 heteroatoms. The first kappa shape index (κ1) is 18.5. The number of nitrogens with zero attached hydrogens (tertiary/aromatic N) is 2. The van der Waals surface area contributed by atoms with Crippen LogP contribution in [-0.2, 0) is 0 Å². The van der Waals surface area contributed by atoms with Crippen LogP contribution in [0.25, 0.3) is 55.6 Å². The van der Waals surface area contributed by atoms with Crippen LogP contribution in [0.1, 0.15) is 5.56 Å². The van der Waals surface area contributed by atoms with Gasteiger partial charge in [-0.3, -0.25) is 0 Å². The van der Waals surface area contributed by atoms with Gasteiger partial charge >= 0.3 is 0 Å². The zero-order valence-electron chi connectivity index (χ0n) is 17.6. The van der Waals surface area contributed by atoms with E-state index in [2.05, 4.69) is 96.0 Å². The molecule has 0 amide bonds. The maximum atomic E-state index is 6.10. The quantitative estimate of drug-likeness (QED) is 0.299. The van der Waals surface area contributed by atoms with Gasteiger partial charge in [0.15, 0.2) is 0 Å². The van der Waals surface area contributed by atoms with Crippen LogP contribution in [0.15, 0.2) is 108 Å². The molecule has 0 aliphatic heterocycles. The molecule has 0 unspecified atom stereocenters. The first-order chi connectivity index (χ1) is 15.8. The Labute approximate surface area is 186 Å². The van der Waals surface area contributed by atoms with E-state index in [0.717, 1.165) is 21.9 Å². The normalized spacial score (nSPS) is 11.3. The van der Waals surface area contributed by atoms with Crippen LogP contribution in [0.2, 0.25) is 0 Å². The molecule has 5 aromatic carbocycles. The highest BCUT2D eigenvalue weighted by atomic mass is 16.4. The zero-order chi connectivity index (χ0) is 21.5. The van der Waals surface area contributed by atoms with Gasteiger partial charge in [-0.05, 0) is 57.8 Å². The summed E-state index contributed by atoms with van der Waals surface area (Å²) in [7, 11) is 0. The Morgan fingerprint density at radius 1 is 0.500 bits per heavy atom. The standard InChI is InChI=1S/C29H20N2O/c1-19-13-15-21(16-14-19)28-30-31-29(32-28)27-18-17-26(24-10-4-5-11-25(24)27)23-12-6-8-20-7-2-3-9-22(20)23/h2-18H,1H3. The van der Waals surface area contributed by atoms with Gasteiger partial charge in [0, 0.05) is 11.1 Å². The predicted molar refractivity (Wildman–Crippen MR) is 130 cm³/mol. The third kappa shape index (κ3) is 3.07. The van der Waals surface area contributed by atoms with Crippen molar-refractivity contribution in [2.24, 2.45) is 0 Å². The van der Waals surface area contributed by atoms with E-state index in [-0.39, 0.29) is 0 Å². The van der Waals surface area contributed by atoms with E-state index >= 15 is 0 Å². The SMILES string of the molecule is Cc1ccc(-c2nnc(-c3ccc(-c4cccc5ccccc45)c4ccccc34)o2)cc1. The van der Waals surface area contributed by atoms with Crippen LogP contribution in [0.5, 0.6) is 0 Å². The molecule has 152 valence electrons. The lowest BCUT2D eigenvalue weighted by Gasteiger charge is -2.12. The summed E-state index contributed by atoms with van der Waals surface area (Å²) in [5.41, 5.74) is 5.47. The molecular weight excluding hydrogens is 392 g/mol. The molecule has 6 rings (SSSR count). The van der Waals surface area contributed by atoms with E-state index in [1.807, 2.05) is 24.3 Å². The summed E-state index contributed by atoms with van der Waals surface area (Å²) in [6, 6.07) is 35.7. The minimum absolute atomic E-state index is 0.529. The van der Waals surface area contributed by atoms with Gasteiger partial charge in [0.25, 0.3) is 0 Å². The summed E-state index contributed by atoms with van der Waals surface area (Å²) >= 11 is 0. The van der Waals surface area contributed by atoms with E-state index in [9.17, 15) is 0 Å². The van der Waals surface area contributed by atoms with Gasteiger partial charge in [-0.1, -0.05) is 90.5 Å². The Hall–Kier alpha value is -4.24. The van der Waals surface area contributed by atoms with Gasteiger partial charge < -0.3 is 4.42 Å². The molecule has 0 saturated heterocycles. The number of aromatic nitrogens is 2. The van der Waals surface area contributed by atoms with Crippen molar-refractivity contribution in [3.8, 4) is 34.0 Å². The average molecular weight is 412 g/mol. The van der Waals surface area contributed by atoms with Crippen molar-refractivity contribution in [3.05, 3.63) is 109 Å². The molecule has 6 aromatic rings. The van der Waals surface area contributed by atoms with Gasteiger partial charge in [-0.25, -0.2) is 0 Å². The summed E-state index contributed by atoms with van der Waals surface area (Å²) in [5, 5.41) is 13.4. The topological polar surface area (TPSA) is 38.9 Å². The first-order valence-electron chi connectivity index (χ1n) is 10.7. The Bertz CT molecular complexity index is 1570. The van der Waals surface area contributed by atoms with Crippen LogP contribution < -0.4 is 0 Å². The molecule has 0 atom stereocenters. The molecule has 0 radical (unpaired) electrons. The van der Waals surface area contributed by atoms with E-state index in [4.69, 9.17) is 4.42 Å². The summed E-state index contributed by atoms with van der Waals surface area (Å²) in [6.45, 7) is 2.06. The fraction of sp³-hybridized carbons (Fsp3) is 0.0345. The van der Waals surface area contributed by atoms with Crippen LogP contribution >= 0.6 is 0 Å². The molecule has 32 heavy (non-hydrogen) atoms. The van der Waals surface area contributed by atoms with Crippen molar-refractivity contribution in [2.45, 2.75) is 6.92 Å². The predicted octanol–water partition coefficient (Wildman–Crippen LogP) is 7.69. The number of fused-ring (bicyclic) bond motifs is 2. The van der Waals surface area contributed by atoms with E-state index in [1.54, 1.807) is 0 Å². The number of benzene rings is 5. The van der Waals surface area contributed by atoms with Crippen molar-refractivity contribution >= 4 is 21.5 Å². The van der Waals surface area contributed by atoms with Gasteiger partial charge in [0.2, 0.25) is 11.8 Å². The summed E-state index contributed by atoms with van der Waals surface area (Å²) in [5.74, 6) is 1.06. The van der Waals surface area contributed by atoms with E-state index in [0.29, 0.717) is 11.8 Å². The Morgan fingerprint density at radius 3 is 1.91 bits per heavy atom. The molecule has 3 nitrogen and oxygen atoms in total. The smallest absolute Gasteiger partial charge is 0.248 e. The molecular formula is C29H20N2O. The third-order valence-electron chi connectivity index (χ3n) is 5.96. The first-order valence-corrected chi connectivity index (χ1v) is 10.7. The maximum Gasteiger partial charge on any atom is 0.248 e. The minimum Gasteiger partial charge on any atom is -0.416 e. The zero-order valence-corrected chi connectivity index (χ0v) is 17.6. The second kappa shape index (κ2) is 7.47. The lowest BCUT2D eigenvalue weighted by Crippen LogP contribution is -1.87. The Kier molecular flexibility index (Phi) is 4.32. The van der Waals surface area contributed by atoms with Gasteiger partial charge in [-0.2, -0.15) is 0 Å². The Morgan fingerprint density at radius 2 is 1.09 bits per heavy atom. The molecule has 0 aliphatic carbocycles. The minimum atomic E-state index is 0.529. The van der Waals surface area contributed by atoms with Crippen molar-refractivity contribution in [2.75, 3.05) is 0 Å². The second-order valence-electron chi connectivity index (χ2n) is 8.01. The van der Waals surface area contributed by atoms with Crippen LogP contribution in [0.3, 0.4) is 0 Å². The van der Waals surface area contributed by atoms with Gasteiger partial charge in [0.1, 0.15) is 0 Å². The number of hydrogen-bond donors (Lipinski definition) is 0. The number of aryl methyl sites for hydroxylation is 1. The van der Waals surface area contributed by atoms with Gasteiger partial charge in [-0.15, -0.1) is 10.2 Å². The van der Waals surface area contributed by atoms with Crippen molar-refractivity contribution < 1.29 is 4.42 Å². The van der Waals surface area contributed by atoms with Crippen molar-refractivity contribution in [3.63, 3.8) is 0 Å². The van der Waals surface area contributed by atoms with E-state index < -0.39 is 0 Å². The van der Waals surface area contributed by atoms with Crippen molar-refractivity contribution in [1.29, 1.82) is 0 Å². The average Bonchev–Trinajstić information content (AvgIpc) is 3.33. The fourth-order valence-corrected chi connectivity index (χ4v) is 4.33. The molecule has 0 bridgehead atoms. The molecule has 1 heterocycles. The molecule has 0 spiro atoms.